The van der Waals surface area contributed by atoms with Crippen molar-refractivity contribution in [2.24, 2.45) is 0 Å². The van der Waals surface area contributed by atoms with Crippen molar-refractivity contribution in [2.45, 2.75) is 6.04 Å². The summed E-state index contributed by atoms with van der Waals surface area (Å²) in [5, 5.41) is 2.92. The summed E-state index contributed by atoms with van der Waals surface area (Å²) in [5.74, 6) is 0.855. The summed E-state index contributed by atoms with van der Waals surface area (Å²) in [6.45, 7) is 5.67. The van der Waals surface area contributed by atoms with E-state index in [1.807, 2.05) is 31.1 Å². The third-order valence-electron chi connectivity index (χ3n) is 3.06. The van der Waals surface area contributed by atoms with Crippen LogP contribution in [0, 0.1) is 0 Å². The molecule has 0 radical (unpaired) electrons. The smallest absolute Gasteiger partial charge is 0.318 e. The van der Waals surface area contributed by atoms with Gasteiger partial charge in [-0.2, -0.15) is 0 Å². The molecule has 1 aromatic rings. The number of carbonyl (C=O) groups excluding carboxylic acids is 1. The fraction of sp³-hybridized carbons (Fsp3) is 0.462. The van der Waals surface area contributed by atoms with Crippen molar-refractivity contribution in [3.63, 3.8) is 0 Å². The van der Waals surface area contributed by atoms with Gasteiger partial charge in [0.25, 0.3) is 0 Å². The highest BCUT2D eigenvalue weighted by Crippen LogP contribution is 2.18. The van der Waals surface area contributed by atoms with Crippen molar-refractivity contribution in [1.29, 1.82) is 0 Å². The molecule has 1 aliphatic heterocycles. The van der Waals surface area contributed by atoms with Crippen LogP contribution in [-0.2, 0) is 0 Å². The molecule has 2 rings (SSSR count). The van der Waals surface area contributed by atoms with Gasteiger partial charge in [0.2, 0.25) is 0 Å². The average Bonchev–Trinajstić information content (AvgIpc) is 2.78. The van der Waals surface area contributed by atoms with Crippen molar-refractivity contribution in [3.8, 4) is 0 Å². The van der Waals surface area contributed by atoms with Gasteiger partial charge in [-0.25, -0.2) is 4.79 Å². The summed E-state index contributed by atoms with van der Waals surface area (Å²) in [5.41, 5.74) is 1.10. The Morgan fingerprint density at radius 2 is 2.33 bits per heavy atom. The summed E-state index contributed by atoms with van der Waals surface area (Å²) in [4.78, 5) is 15.5. The normalized spacial score (nSPS) is 16.6. The zero-order valence-corrected chi connectivity index (χ0v) is 10.8. The van der Waals surface area contributed by atoms with Crippen LogP contribution in [0.5, 0.6) is 0 Å². The van der Waals surface area contributed by atoms with Crippen molar-refractivity contribution >= 4 is 6.03 Å². The lowest BCUT2D eigenvalue weighted by molar-refractivity contribution is 0.183. The van der Waals surface area contributed by atoms with Crippen LogP contribution in [0.15, 0.2) is 35.0 Å². The Morgan fingerprint density at radius 3 is 2.83 bits per heavy atom. The van der Waals surface area contributed by atoms with Gasteiger partial charge >= 0.3 is 6.03 Å². The first kappa shape index (κ1) is 12.7. The number of amides is 2. The lowest BCUT2D eigenvalue weighted by Gasteiger charge is -2.34. The Labute approximate surface area is 107 Å². The SMILES string of the molecule is C=C1CN(C(=O)NCC(c2ccco2)N(C)C)C1. The van der Waals surface area contributed by atoms with E-state index in [1.165, 1.54) is 0 Å². The summed E-state index contributed by atoms with van der Waals surface area (Å²) in [7, 11) is 3.93. The van der Waals surface area contributed by atoms with Gasteiger partial charge in [-0.05, 0) is 31.8 Å². The summed E-state index contributed by atoms with van der Waals surface area (Å²) in [6, 6.07) is 3.78. The van der Waals surface area contributed by atoms with E-state index in [0.29, 0.717) is 19.6 Å². The first-order valence-electron chi connectivity index (χ1n) is 5.97. The highest BCUT2D eigenvalue weighted by atomic mass is 16.3. The largest absolute Gasteiger partial charge is 0.468 e. The van der Waals surface area contributed by atoms with Gasteiger partial charge in [-0.15, -0.1) is 0 Å². The van der Waals surface area contributed by atoms with Crippen LogP contribution in [0.4, 0.5) is 4.79 Å². The number of furan rings is 1. The topological polar surface area (TPSA) is 48.7 Å². The average molecular weight is 249 g/mol. The highest BCUT2D eigenvalue weighted by molar-refractivity contribution is 5.76. The molecule has 1 N–H and O–H groups in total. The molecule has 5 heteroatoms. The molecule has 0 saturated carbocycles. The maximum absolute atomic E-state index is 11.8. The number of likely N-dealkylation sites (N-methyl/N-ethyl adjacent to an activating group) is 1. The summed E-state index contributed by atoms with van der Waals surface area (Å²) in [6.07, 6.45) is 1.65. The minimum Gasteiger partial charge on any atom is -0.468 e. The van der Waals surface area contributed by atoms with Crippen LogP contribution >= 0.6 is 0 Å². The number of hydrogen-bond acceptors (Lipinski definition) is 3. The molecule has 0 aliphatic carbocycles. The summed E-state index contributed by atoms with van der Waals surface area (Å²) < 4.78 is 5.39. The van der Waals surface area contributed by atoms with E-state index in [2.05, 4.69) is 11.9 Å². The minimum atomic E-state index is -0.0409. The van der Waals surface area contributed by atoms with Gasteiger partial charge in [0, 0.05) is 19.6 Å². The predicted octanol–water partition coefficient (Wildman–Crippen LogP) is 1.46. The summed E-state index contributed by atoms with van der Waals surface area (Å²) >= 11 is 0. The number of carbonyl (C=O) groups is 1. The van der Waals surface area contributed by atoms with Crippen LogP contribution < -0.4 is 5.32 Å². The van der Waals surface area contributed by atoms with Crippen LogP contribution in [0.1, 0.15) is 11.8 Å². The zero-order valence-electron chi connectivity index (χ0n) is 10.8. The number of rotatable bonds is 4. The van der Waals surface area contributed by atoms with Crippen LogP contribution in [0.3, 0.4) is 0 Å². The van der Waals surface area contributed by atoms with Crippen molar-refractivity contribution < 1.29 is 9.21 Å². The standard InChI is InChI=1S/C13H19N3O2/c1-10-8-16(9-10)13(17)14-7-11(15(2)3)12-5-4-6-18-12/h4-6,11H,1,7-9H2,2-3H3,(H,14,17). The minimum absolute atomic E-state index is 0.0409. The maximum atomic E-state index is 11.8. The molecule has 1 fully saturated rings. The first-order chi connectivity index (χ1) is 8.58. The van der Waals surface area contributed by atoms with Crippen LogP contribution in [0.25, 0.3) is 0 Å². The lowest BCUT2D eigenvalue weighted by Crippen LogP contribution is -2.50. The van der Waals surface area contributed by atoms with E-state index in [1.54, 1.807) is 11.2 Å². The maximum Gasteiger partial charge on any atom is 0.318 e. The monoisotopic (exact) mass is 249 g/mol. The predicted molar refractivity (Wildman–Crippen MR) is 69.2 cm³/mol. The molecule has 18 heavy (non-hydrogen) atoms. The molecule has 0 aromatic carbocycles. The molecule has 1 atom stereocenters. The van der Waals surface area contributed by atoms with Crippen molar-refractivity contribution in [1.82, 2.24) is 15.1 Å². The number of nitrogens with one attached hydrogen (secondary N) is 1. The molecule has 0 spiro atoms. The van der Waals surface area contributed by atoms with Gasteiger partial charge in [0.05, 0.1) is 12.3 Å². The quantitative estimate of drug-likeness (QED) is 0.822. The lowest BCUT2D eigenvalue weighted by atomic mass is 10.1. The van der Waals surface area contributed by atoms with E-state index >= 15 is 0 Å². The molecule has 5 nitrogen and oxygen atoms in total. The Balaban J connectivity index is 1.87. The molecule has 2 amide bonds. The second-order valence-corrected chi connectivity index (χ2v) is 4.79. The Morgan fingerprint density at radius 1 is 1.61 bits per heavy atom. The Bertz CT molecular complexity index is 417. The van der Waals surface area contributed by atoms with Crippen molar-refractivity contribution in [3.05, 3.63) is 36.3 Å². The molecule has 1 aliphatic rings. The molecule has 1 aromatic heterocycles. The number of hydrogen-bond donors (Lipinski definition) is 1. The number of nitrogens with zero attached hydrogens (tertiary/aromatic N) is 2. The number of urea groups is 1. The van der Waals surface area contributed by atoms with E-state index in [-0.39, 0.29) is 12.1 Å². The van der Waals surface area contributed by atoms with Crippen molar-refractivity contribution in [2.75, 3.05) is 33.7 Å². The Hall–Kier alpha value is -1.75. The zero-order chi connectivity index (χ0) is 13.1. The molecule has 1 unspecified atom stereocenters. The molecule has 0 bridgehead atoms. The van der Waals surface area contributed by atoms with Gasteiger partial charge in [-0.3, -0.25) is 4.90 Å². The van der Waals surface area contributed by atoms with E-state index in [4.69, 9.17) is 4.42 Å². The molecular weight excluding hydrogens is 230 g/mol. The third kappa shape index (κ3) is 2.73. The van der Waals surface area contributed by atoms with Gasteiger partial charge in [0.1, 0.15) is 5.76 Å². The molecule has 2 heterocycles. The van der Waals surface area contributed by atoms with Gasteiger partial charge in [-0.1, -0.05) is 6.58 Å². The van der Waals surface area contributed by atoms with Crippen LogP contribution in [0.2, 0.25) is 0 Å². The Kier molecular flexibility index (Phi) is 3.72. The molecular formula is C13H19N3O2. The van der Waals surface area contributed by atoms with E-state index in [0.717, 1.165) is 11.3 Å². The van der Waals surface area contributed by atoms with E-state index in [9.17, 15) is 4.79 Å². The molecule has 98 valence electrons. The van der Waals surface area contributed by atoms with Gasteiger partial charge in [0.15, 0.2) is 0 Å². The van der Waals surface area contributed by atoms with Crippen LogP contribution in [-0.4, -0.2) is 49.6 Å². The third-order valence-corrected chi connectivity index (χ3v) is 3.06. The fourth-order valence-corrected chi connectivity index (χ4v) is 1.95. The fourth-order valence-electron chi connectivity index (χ4n) is 1.95. The second-order valence-electron chi connectivity index (χ2n) is 4.79. The van der Waals surface area contributed by atoms with E-state index < -0.39 is 0 Å². The molecule has 1 saturated heterocycles. The number of likely N-dealkylation sites (tertiary alicyclic amines) is 1. The van der Waals surface area contributed by atoms with Gasteiger partial charge < -0.3 is 14.6 Å². The highest BCUT2D eigenvalue weighted by Gasteiger charge is 2.25. The first-order valence-corrected chi connectivity index (χ1v) is 5.97. The second kappa shape index (κ2) is 5.27.